The molecule has 2 bridgehead atoms. The summed E-state index contributed by atoms with van der Waals surface area (Å²) < 4.78 is 1.66. The smallest absolute Gasteiger partial charge is 0.325 e. The molecule has 3 atom stereocenters. The van der Waals surface area contributed by atoms with Crippen molar-refractivity contribution < 1.29 is 4.79 Å². The van der Waals surface area contributed by atoms with Gasteiger partial charge in [0.25, 0.3) is 0 Å². The van der Waals surface area contributed by atoms with E-state index in [0.29, 0.717) is 18.0 Å². The number of nitrogens with one attached hydrogen (secondary N) is 2. The van der Waals surface area contributed by atoms with Crippen molar-refractivity contribution in [3.63, 3.8) is 0 Å². The monoisotopic (exact) mass is 295 g/mol. The topological polar surface area (TPSA) is 46.1 Å². The van der Waals surface area contributed by atoms with E-state index < -0.39 is 0 Å². The van der Waals surface area contributed by atoms with Crippen LogP contribution in [0.5, 0.6) is 0 Å². The minimum atomic E-state index is -0.0177. The quantitative estimate of drug-likeness (QED) is 0.895. The fourth-order valence-corrected chi connectivity index (χ4v) is 3.68. The van der Waals surface area contributed by atoms with Crippen LogP contribution in [-0.2, 0) is 0 Å². The first-order valence-corrected chi connectivity index (χ1v) is 7.98. The fourth-order valence-electron chi connectivity index (χ4n) is 3.68. The first-order chi connectivity index (χ1) is 10.7. The molecule has 1 amide bonds. The summed E-state index contributed by atoms with van der Waals surface area (Å²) in [6.07, 6.45) is 6.01. The van der Waals surface area contributed by atoms with Gasteiger partial charge in [-0.25, -0.2) is 4.79 Å². The SMILES string of the molecule is Cc1ccc(-c2ccn(C(=O)NC3CC4CC3CN4)c2)cc1. The molecule has 2 fully saturated rings. The van der Waals surface area contributed by atoms with Gasteiger partial charge >= 0.3 is 6.03 Å². The van der Waals surface area contributed by atoms with Gasteiger partial charge in [-0.05, 0) is 42.9 Å². The van der Waals surface area contributed by atoms with Gasteiger partial charge in [0.05, 0.1) is 0 Å². The average molecular weight is 295 g/mol. The first kappa shape index (κ1) is 13.6. The van der Waals surface area contributed by atoms with Crippen molar-refractivity contribution in [2.45, 2.75) is 31.8 Å². The Kier molecular flexibility index (Phi) is 3.26. The lowest BCUT2D eigenvalue weighted by Gasteiger charge is -2.23. The third kappa shape index (κ3) is 2.44. The van der Waals surface area contributed by atoms with Crippen LogP contribution in [0.2, 0.25) is 0 Å². The number of aryl methyl sites for hydroxylation is 1. The van der Waals surface area contributed by atoms with Gasteiger partial charge in [0, 0.05) is 31.0 Å². The normalized spacial score (nSPS) is 26.3. The van der Waals surface area contributed by atoms with Crippen molar-refractivity contribution in [2.24, 2.45) is 5.92 Å². The zero-order valence-electron chi connectivity index (χ0n) is 12.8. The number of nitrogens with zero attached hydrogens (tertiary/aromatic N) is 1. The highest BCUT2D eigenvalue weighted by Crippen LogP contribution is 2.31. The van der Waals surface area contributed by atoms with E-state index in [-0.39, 0.29) is 6.03 Å². The molecule has 114 valence electrons. The van der Waals surface area contributed by atoms with Crippen LogP contribution in [-0.4, -0.2) is 29.2 Å². The molecular weight excluding hydrogens is 274 g/mol. The summed E-state index contributed by atoms with van der Waals surface area (Å²) in [7, 11) is 0. The van der Waals surface area contributed by atoms with Gasteiger partial charge in [0.1, 0.15) is 0 Å². The van der Waals surface area contributed by atoms with Crippen LogP contribution in [0.15, 0.2) is 42.7 Å². The molecule has 3 unspecified atom stereocenters. The van der Waals surface area contributed by atoms with E-state index in [1.807, 2.05) is 18.5 Å². The lowest BCUT2D eigenvalue weighted by atomic mass is 10.0. The molecule has 2 heterocycles. The van der Waals surface area contributed by atoms with Crippen molar-refractivity contribution in [1.29, 1.82) is 0 Å². The minimum Gasteiger partial charge on any atom is -0.334 e. The predicted octanol–water partition coefficient (Wildman–Crippen LogP) is 2.77. The zero-order chi connectivity index (χ0) is 15.1. The van der Waals surface area contributed by atoms with Crippen molar-refractivity contribution in [3.8, 4) is 11.1 Å². The van der Waals surface area contributed by atoms with Crippen LogP contribution in [0.1, 0.15) is 18.4 Å². The summed E-state index contributed by atoms with van der Waals surface area (Å²) in [6, 6.07) is 11.3. The maximum atomic E-state index is 12.4. The first-order valence-electron chi connectivity index (χ1n) is 7.98. The number of fused-ring (bicyclic) bond motifs is 2. The van der Waals surface area contributed by atoms with E-state index in [0.717, 1.165) is 24.1 Å². The number of carbonyl (C=O) groups excluding carboxylic acids is 1. The third-order valence-electron chi connectivity index (χ3n) is 4.98. The van der Waals surface area contributed by atoms with Crippen molar-refractivity contribution in [1.82, 2.24) is 15.2 Å². The van der Waals surface area contributed by atoms with Gasteiger partial charge in [-0.1, -0.05) is 29.8 Å². The highest BCUT2D eigenvalue weighted by Gasteiger charge is 2.40. The highest BCUT2D eigenvalue weighted by atomic mass is 16.2. The second-order valence-electron chi connectivity index (χ2n) is 6.57. The molecule has 4 nitrogen and oxygen atoms in total. The third-order valence-corrected chi connectivity index (χ3v) is 4.98. The van der Waals surface area contributed by atoms with E-state index in [1.165, 1.54) is 12.0 Å². The average Bonchev–Trinajstić information content (AvgIpc) is 3.24. The van der Waals surface area contributed by atoms with Crippen LogP contribution >= 0.6 is 0 Å². The largest absolute Gasteiger partial charge is 0.334 e. The number of carbonyl (C=O) groups is 1. The van der Waals surface area contributed by atoms with Crippen molar-refractivity contribution in [3.05, 3.63) is 48.3 Å². The van der Waals surface area contributed by atoms with Crippen LogP contribution in [0.3, 0.4) is 0 Å². The Morgan fingerprint density at radius 1 is 1.18 bits per heavy atom. The lowest BCUT2D eigenvalue weighted by molar-refractivity contribution is 0.233. The van der Waals surface area contributed by atoms with E-state index in [9.17, 15) is 4.79 Å². The van der Waals surface area contributed by atoms with Gasteiger partial charge in [-0.3, -0.25) is 4.57 Å². The van der Waals surface area contributed by atoms with Gasteiger partial charge in [-0.15, -0.1) is 0 Å². The molecule has 1 saturated carbocycles. The molecule has 1 aliphatic carbocycles. The summed E-state index contributed by atoms with van der Waals surface area (Å²) in [5, 5.41) is 6.66. The molecule has 4 rings (SSSR count). The molecule has 1 saturated heterocycles. The molecule has 4 heteroatoms. The molecule has 1 aromatic heterocycles. The van der Waals surface area contributed by atoms with E-state index in [2.05, 4.69) is 41.8 Å². The van der Waals surface area contributed by atoms with E-state index in [1.54, 1.807) is 4.57 Å². The van der Waals surface area contributed by atoms with E-state index >= 15 is 0 Å². The summed E-state index contributed by atoms with van der Waals surface area (Å²) in [5.41, 5.74) is 3.46. The summed E-state index contributed by atoms with van der Waals surface area (Å²) >= 11 is 0. The van der Waals surface area contributed by atoms with Crippen LogP contribution < -0.4 is 10.6 Å². The molecule has 22 heavy (non-hydrogen) atoms. The Labute approximate surface area is 130 Å². The predicted molar refractivity (Wildman–Crippen MR) is 86.8 cm³/mol. The Morgan fingerprint density at radius 3 is 2.68 bits per heavy atom. The fraction of sp³-hybridized carbons (Fsp3) is 0.389. The van der Waals surface area contributed by atoms with Crippen LogP contribution in [0.25, 0.3) is 11.1 Å². The van der Waals surface area contributed by atoms with Crippen molar-refractivity contribution >= 4 is 6.03 Å². The Balaban J connectivity index is 1.46. The minimum absolute atomic E-state index is 0.0177. The molecule has 0 spiro atoms. The zero-order valence-corrected chi connectivity index (χ0v) is 12.8. The van der Waals surface area contributed by atoms with Crippen LogP contribution in [0.4, 0.5) is 4.79 Å². The van der Waals surface area contributed by atoms with Crippen molar-refractivity contribution in [2.75, 3.05) is 6.54 Å². The number of hydrogen-bond acceptors (Lipinski definition) is 2. The lowest BCUT2D eigenvalue weighted by Crippen LogP contribution is -2.45. The molecule has 1 aromatic carbocycles. The number of benzene rings is 1. The Morgan fingerprint density at radius 2 is 2.00 bits per heavy atom. The van der Waals surface area contributed by atoms with Gasteiger partial charge < -0.3 is 10.6 Å². The molecule has 2 aliphatic rings. The second kappa shape index (κ2) is 5.29. The number of rotatable bonds is 2. The van der Waals surface area contributed by atoms with Gasteiger partial charge in [0.15, 0.2) is 0 Å². The molecule has 0 radical (unpaired) electrons. The highest BCUT2D eigenvalue weighted by molar-refractivity contribution is 5.79. The van der Waals surface area contributed by atoms with Gasteiger partial charge in [-0.2, -0.15) is 0 Å². The van der Waals surface area contributed by atoms with Crippen LogP contribution in [0, 0.1) is 12.8 Å². The summed E-state index contributed by atoms with van der Waals surface area (Å²) in [4.78, 5) is 12.4. The number of hydrogen-bond donors (Lipinski definition) is 2. The second-order valence-corrected chi connectivity index (χ2v) is 6.57. The number of amides is 1. The molecule has 2 N–H and O–H groups in total. The molecular formula is C18H21N3O. The Bertz CT molecular complexity index is 689. The summed E-state index contributed by atoms with van der Waals surface area (Å²) in [6.45, 7) is 3.11. The maximum absolute atomic E-state index is 12.4. The number of aromatic nitrogens is 1. The Hall–Kier alpha value is -2.07. The number of piperidine rings is 1. The molecule has 2 aromatic rings. The molecule has 1 aliphatic heterocycles. The van der Waals surface area contributed by atoms with Gasteiger partial charge in [0.2, 0.25) is 0 Å². The maximum Gasteiger partial charge on any atom is 0.325 e. The summed E-state index contributed by atoms with van der Waals surface area (Å²) in [5.74, 6) is 0.598. The van der Waals surface area contributed by atoms with E-state index in [4.69, 9.17) is 0 Å². The standard InChI is InChI=1S/C18H21N3O/c1-12-2-4-13(5-3-12)14-6-7-21(11-14)18(22)20-17-9-16-8-15(17)10-19-16/h2-7,11,15-17,19H,8-10H2,1H3,(H,20,22).